The first-order chi connectivity index (χ1) is 15.6. The van der Waals surface area contributed by atoms with E-state index in [0.29, 0.717) is 26.1 Å². The quantitative estimate of drug-likeness (QED) is 0.360. The fraction of sp³-hybridized carbons (Fsp3) is 0.783. The minimum atomic E-state index is -0.786. The molecule has 2 heterocycles. The van der Waals surface area contributed by atoms with Crippen molar-refractivity contribution in [1.29, 1.82) is 0 Å². The number of nitrogens with one attached hydrogen (secondary N) is 2. The Labute approximate surface area is 195 Å². The van der Waals surface area contributed by atoms with Crippen LogP contribution in [0.25, 0.3) is 0 Å². The highest BCUT2D eigenvalue weighted by molar-refractivity contribution is 5.92. The molecule has 3 rings (SSSR count). The molecular formula is C23H37N3O7. The number of hydrogen-bond acceptors (Lipinski definition) is 8. The van der Waals surface area contributed by atoms with Crippen molar-refractivity contribution < 1.29 is 33.3 Å². The average Bonchev–Trinajstić information content (AvgIpc) is 3.64. The molecule has 3 fully saturated rings. The van der Waals surface area contributed by atoms with E-state index >= 15 is 0 Å². The summed E-state index contributed by atoms with van der Waals surface area (Å²) in [5, 5.41) is 4.95. The minimum Gasteiger partial charge on any atom is -0.443 e. The maximum Gasteiger partial charge on any atom is 0.414 e. The number of rotatable bonds is 10. The van der Waals surface area contributed by atoms with Gasteiger partial charge in [0.05, 0.1) is 31.0 Å². The van der Waals surface area contributed by atoms with E-state index in [9.17, 15) is 14.4 Å². The molecule has 33 heavy (non-hydrogen) atoms. The molecule has 0 aromatic rings. The molecule has 3 unspecified atom stereocenters. The molecule has 1 saturated carbocycles. The lowest BCUT2D eigenvalue weighted by Gasteiger charge is -2.39. The van der Waals surface area contributed by atoms with Gasteiger partial charge in [-0.1, -0.05) is 11.6 Å². The monoisotopic (exact) mass is 467 g/mol. The van der Waals surface area contributed by atoms with Crippen molar-refractivity contribution in [3.63, 3.8) is 0 Å². The van der Waals surface area contributed by atoms with Crippen LogP contribution in [0.3, 0.4) is 0 Å². The SMILES string of the molecule is COC1C(OC(=O)NC(=O)CN(C)CCNC(C)=O)CC[C@]2(CO2)C1[C@H]1O[C@@H]1CC=C(C)C. The molecular weight excluding hydrogens is 430 g/mol. The van der Waals surface area contributed by atoms with Crippen molar-refractivity contribution in [3.05, 3.63) is 11.6 Å². The van der Waals surface area contributed by atoms with Crippen LogP contribution in [0.4, 0.5) is 4.79 Å². The summed E-state index contributed by atoms with van der Waals surface area (Å²) in [4.78, 5) is 37.3. The number of carbonyl (C=O) groups is 3. The van der Waals surface area contributed by atoms with Crippen LogP contribution in [0.1, 0.15) is 40.0 Å². The predicted octanol–water partition coefficient (Wildman–Crippen LogP) is 0.993. The zero-order chi connectivity index (χ0) is 24.2. The maximum absolute atomic E-state index is 12.4. The molecule has 2 aliphatic heterocycles. The van der Waals surface area contributed by atoms with Crippen molar-refractivity contribution in [2.24, 2.45) is 5.92 Å². The van der Waals surface area contributed by atoms with Gasteiger partial charge >= 0.3 is 6.09 Å². The summed E-state index contributed by atoms with van der Waals surface area (Å²) < 4.78 is 23.2. The third-order valence-corrected chi connectivity index (χ3v) is 6.48. The predicted molar refractivity (Wildman–Crippen MR) is 120 cm³/mol. The van der Waals surface area contributed by atoms with Gasteiger partial charge in [-0.3, -0.25) is 19.8 Å². The number of alkyl carbamates (subject to hydrolysis) is 1. The van der Waals surface area contributed by atoms with Crippen LogP contribution >= 0.6 is 0 Å². The van der Waals surface area contributed by atoms with Crippen LogP contribution in [-0.2, 0) is 28.5 Å². The van der Waals surface area contributed by atoms with Gasteiger partial charge in [0, 0.05) is 33.0 Å². The molecule has 10 heteroatoms. The first-order valence-corrected chi connectivity index (χ1v) is 11.5. The smallest absolute Gasteiger partial charge is 0.414 e. The van der Waals surface area contributed by atoms with E-state index in [-0.39, 0.29) is 42.3 Å². The maximum atomic E-state index is 12.4. The molecule has 186 valence electrons. The van der Waals surface area contributed by atoms with Crippen molar-refractivity contribution in [1.82, 2.24) is 15.5 Å². The second kappa shape index (κ2) is 10.9. The fourth-order valence-corrected chi connectivity index (χ4v) is 4.67. The first-order valence-electron chi connectivity index (χ1n) is 11.5. The lowest BCUT2D eigenvalue weighted by molar-refractivity contribution is -0.123. The highest BCUT2D eigenvalue weighted by atomic mass is 16.6. The Hall–Kier alpha value is -2.01. The van der Waals surface area contributed by atoms with Gasteiger partial charge in [-0.2, -0.15) is 0 Å². The normalized spacial score (nSPS) is 32.2. The van der Waals surface area contributed by atoms with Crippen molar-refractivity contribution in [2.45, 2.75) is 70.1 Å². The second-order valence-electron chi connectivity index (χ2n) is 9.49. The molecule has 10 nitrogen and oxygen atoms in total. The third-order valence-electron chi connectivity index (χ3n) is 6.48. The van der Waals surface area contributed by atoms with E-state index in [4.69, 9.17) is 18.9 Å². The molecule has 2 N–H and O–H groups in total. The van der Waals surface area contributed by atoms with Crippen LogP contribution in [0, 0.1) is 5.92 Å². The Morgan fingerprint density at radius 3 is 2.58 bits per heavy atom. The number of epoxide rings is 2. The molecule has 6 atom stereocenters. The van der Waals surface area contributed by atoms with Gasteiger partial charge in [-0.05, 0) is 40.2 Å². The number of allylic oxidation sites excluding steroid dienone is 1. The number of nitrogens with zero attached hydrogens (tertiary/aromatic N) is 1. The fourth-order valence-electron chi connectivity index (χ4n) is 4.67. The van der Waals surface area contributed by atoms with Gasteiger partial charge in [-0.25, -0.2) is 4.79 Å². The van der Waals surface area contributed by atoms with Crippen LogP contribution in [-0.4, -0.2) is 93.2 Å². The highest BCUT2D eigenvalue weighted by Gasteiger charge is 2.66. The van der Waals surface area contributed by atoms with E-state index in [2.05, 4.69) is 30.6 Å². The Morgan fingerprint density at radius 1 is 1.24 bits per heavy atom. The number of ether oxygens (including phenoxy) is 4. The van der Waals surface area contributed by atoms with Crippen LogP contribution < -0.4 is 10.6 Å². The summed E-state index contributed by atoms with van der Waals surface area (Å²) in [6.45, 7) is 7.13. The molecule has 0 aromatic heterocycles. The Kier molecular flexibility index (Phi) is 8.49. The second-order valence-corrected chi connectivity index (χ2v) is 9.49. The number of amides is 3. The minimum absolute atomic E-state index is 0.00130. The Balaban J connectivity index is 1.51. The van der Waals surface area contributed by atoms with E-state index in [1.54, 1.807) is 19.1 Å². The van der Waals surface area contributed by atoms with Gasteiger partial charge < -0.3 is 24.3 Å². The van der Waals surface area contributed by atoms with Gasteiger partial charge in [0.1, 0.15) is 12.2 Å². The molecule has 0 bridgehead atoms. The zero-order valence-corrected chi connectivity index (χ0v) is 20.2. The van der Waals surface area contributed by atoms with Gasteiger partial charge in [0.25, 0.3) is 0 Å². The molecule has 0 radical (unpaired) electrons. The van der Waals surface area contributed by atoms with Crippen LogP contribution in [0.15, 0.2) is 11.6 Å². The highest BCUT2D eigenvalue weighted by Crippen LogP contribution is 2.54. The number of hydrogen-bond donors (Lipinski definition) is 2. The van der Waals surface area contributed by atoms with E-state index in [1.807, 2.05) is 0 Å². The van der Waals surface area contributed by atoms with Crippen molar-refractivity contribution in [2.75, 3.05) is 40.4 Å². The lowest BCUT2D eigenvalue weighted by Crippen LogP contribution is -2.53. The van der Waals surface area contributed by atoms with Crippen LogP contribution in [0.5, 0.6) is 0 Å². The Morgan fingerprint density at radius 2 is 1.97 bits per heavy atom. The van der Waals surface area contributed by atoms with Crippen molar-refractivity contribution in [3.8, 4) is 0 Å². The first kappa shape index (κ1) is 25.6. The summed E-state index contributed by atoms with van der Waals surface area (Å²) in [5.41, 5.74) is 0.977. The summed E-state index contributed by atoms with van der Waals surface area (Å²) in [5.74, 6) is -0.630. The zero-order valence-electron chi connectivity index (χ0n) is 20.2. The van der Waals surface area contributed by atoms with Gasteiger partial charge in [-0.15, -0.1) is 0 Å². The number of likely N-dealkylation sites (N-methyl/N-ethyl adjacent to an activating group) is 1. The molecule has 3 amide bonds. The molecule has 0 aromatic carbocycles. The largest absolute Gasteiger partial charge is 0.443 e. The van der Waals surface area contributed by atoms with E-state index < -0.39 is 18.1 Å². The summed E-state index contributed by atoms with van der Waals surface area (Å²) in [7, 11) is 3.34. The number of methoxy groups -OCH3 is 1. The average molecular weight is 468 g/mol. The molecule has 1 aliphatic carbocycles. The van der Waals surface area contributed by atoms with Crippen LogP contribution in [0.2, 0.25) is 0 Å². The lowest BCUT2D eigenvalue weighted by atomic mass is 9.73. The molecule has 3 aliphatic rings. The number of imide groups is 1. The summed E-state index contributed by atoms with van der Waals surface area (Å²) >= 11 is 0. The molecule has 1 spiro atoms. The molecule has 2 saturated heterocycles. The Bertz CT molecular complexity index is 763. The standard InChI is InChI=1S/C23H37N3O7/c1-14(2)6-7-16-21(32-16)19-20(30-5)17(8-9-23(19)13-31-23)33-22(29)25-18(28)12-26(4)11-10-24-15(3)27/h6,16-17,19-21H,7-13H2,1-5H3,(H,24,27)(H,25,28,29)/t16-,17?,19?,20?,21+,23+/m1/s1. The third kappa shape index (κ3) is 6.99. The van der Waals surface area contributed by atoms with Gasteiger partial charge in [0.2, 0.25) is 11.8 Å². The van der Waals surface area contributed by atoms with Gasteiger partial charge in [0.15, 0.2) is 0 Å². The topological polar surface area (TPSA) is 122 Å². The van der Waals surface area contributed by atoms with E-state index in [1.165, 1.54) is 12.5 Å². The number of carbonyl (C=O) groups excluding carboxylic acids is 3. The van der Waals surface area contributed by atoms with Crippen molar-refractivity contribution >= 4 is 17.9 Å². The van der Waals surface area contributed by atoms with E-state index in [0.717, 1.165) is 12.8 Å². The summed E-state index contributed by atoms with van der Waals surface area (Å²) in [6, 6.07) is 0. The summed E-state index contributed by atoms with van der Waals surface area (Å²) in [6.07, 6.45) is 2.82.